The summed E-state index contributed by atoms with van der Waals surface area (Å²) in [5, 5.41) is 11.1. The number of carbonyl (C=O) groups is 1. The lowest BCUT2D eigenvalue weighted by Gasteiger charge is -2.38. The molecule has 1 aliphatic rings. The lowest BCUT2D eigenvalue weighted by molar-refractivity contribution is -0.136. The van der Waals surface area contributed by atoms with Gasteiger partial charge in [0.2, 0.25) is 17.7 Å². The number of ether oxygens (including phenoxy) is 2. The molecule has 1 fully saturated rings. The van der Waals surface area contributed by atoms with E-state index in [1.54, 1.807) is 17.4 Å². The predicted octanol–water partition coefficient (Wildman–Crippen LogP) is 1.15. The second-order valence-corrected chi connectivity index (χ2v) is 6.75. The highest BCUT2D eigenvalue weighted by Crippen LogP contribution is 2.36. The Balaban J connectivity index is 1.64. The second kappa shape index (κ2) is 7.91. The van der Waals surface area contributed by atoms with Crippen molar-refractivity contribution < 1.29 is 19.4 Å². The summed E-state index contributed by atoms with van der Waals surface area (Å²) in [6.45, 7) is 2.88. The fraction of sp³-hybridized carbons (Fsp3) is 0.556. The number of methoxy groups -OCH3 is 2. The molecule has 1 saturated heterocycles. The first-order valence-electron chi connectivity index (χ1n) is 8.90. The summed E-state index contributed by atoms with van der Waals surface area (Å²) in [5.74, 6) is 0.622. The molecule has 1 aliphatic heterocycles. The number of likely N-dealkylation sites (tertiary alicyclic amines) is 1. The van der Waals surface area contributed by atoms with E-state index in [1.165, 1.54) is 20.4 Å². The summed E-state index contributed by atoms with van der Waals surface area (Å²) in [5.41, 5.74) is -0.804. The molecular formula is C18H25N5O4. The number of hydrogen-bond donors (Lipinski definition) is 1. The molecule has 1 amide bonds. The normalized spacial score (nSPS) is 17.4. The van der Waals surface area contributed by atoms with Crippen molar-refractivity contribution in [2.45, 2.75) is 37.8 Å². The van der Waals surface area contributed by atoms with Gasteiger partial charge in [0.15, 0.2) is 0 Å². The van der Waals surface area contributed by atoms with Gasteiger partial charge in [-0.15, -0.1) is 0 Å². The van der Waals surface area contributed by atoms with Crippen LogP contribution in [0.4, 0.5) is 0 Å². The number of hydrogen-bond acceptors (Lipinski definition) is 7. The zero-order valence-electron chi connectivity index (χ0n) is 15.8. The summed E-state index contributed by atoms with van der Waals surface area (Å²) in [4.78, 5) is 26.9. The van der Waals surface area contributed by atoms with Crippen molar-refractivity contribution in [3.63, 3.8) is 0 Å². The minimum Gasteiger partial charge on any atom is -0.480 e. The van der Waals surface area contributed by atoms with Gasteiger partial charge in [-0.05, 0) is 19.8 Å². The van der Waals surface area contributed by atoms with Crippen LogP contribution in [0.1, 0.15) is 37.9 Å². The van der Waals surface area contributed by atoms with Gasteiger partial charge >= 0.3 is 0 Å². The molecule has 146 valence electrons. The van der Waals surface area contributed by atoms with E-state index in [-0.39, 0.29) is 17.8 Å². The topological polar surface area (TPSA) is 103 Å². The van der Waals surface area contributed by atoms with E-state index in [2.05, 4.69) is 15.0 Å². The molecular weight excluding hydrogens is 350 g/mol. The average molecular weight is 375 g/mol. The molecule has 0 spiro atoms. The van der Waals surface area contributed by atoms with Crippen LogP contribution in [0.15, 0.2) is 24.9 Å². The fourth-order valence-corrected chi connectivity index (χ4v) is 3.30. The monoisotopic (exact) mass is 375 g/mol. The van der Waals surface area contributed by atoms with Gasteiger partial charge in [0.05, 0.1) is 26.7 Å². The molecule has 1 N–H and O–H groups in total. The minimum atomic E-state index is -1.18. The third kappa shape index (κ3) is 4.02. The van der Waals surface area contributed by atoms with E-state index in [9.17, 15) is 9.90 Å². The highest BCUT2D eigenvalue weighted by Gasteiger charge is 2.39. The van der Waals surface area contributed by atoms with Crippen molar-refractivity contribution in [1.29, 1.82) is 0 Å². The number of imidazole rings is 1. The number of carbonyl (C=O) groups excluding carboxylic acids is 1. The van der Waals surface area contributed by atoms with Crippen LogP contribution in [0.5, 0.6) is 11.8 Å². The van der Waals surface area contributed by atoms with Crippen LogP contribution in [0.2, 0.25) is 0 Å². The third-order valence-electron chi connectivity index (χ3n) is 5.01. The van der Waals surface area contributed by atoms with Crippen molar-refractivity contribution in [2.24, 2.45) is 0 Å². The molecule has 1 atom stereocenters. The maximum Gasteiger partial charge on any atom is 0.241 e. The maximum absolute atomic E-state index is 12.6. The largest absolute Gasteiger partial charge is 0.480 e. The third-order valence-corrected chi connectivity index (χ3v) is 5.01. The molecule has 2 aromatic rings. The first kappa shape index (κ1) is 19.1. The maximum atomic E-state index is 12.6. The molecule has 2 aromatic heterocycles. The van der Waals surface area contributed by atoms with E-state index in [4.69, 9.17) is 9.47 Å². The standard InChI is InChI=1S/C18H25N5O4/c1-13(23-9-6-19-12-23)10-15(24)22-7-4-18(25,5-8-22)16-17(27-3)21-14(26-2)11-20-16/h6,9,11-13,25H,4-5,7-8,10H2,1-3H3. The molecule has 1 unspecified atom stereocenters. The van der Waals surface area contributed by atoms with Gasteiger partial charge in [0, 0.05) is 37.9 Å². The average Bonchev–Trinajstić information content (AvgIpc) is 3.23. The molecule has 3 heterocycles. The summed E-state index contributed by atoms with van der Waals surface area (Å²) in [6.07, 6.45) is 7.85. The number of nitrogens with zero attached hydrogens (tertiary/aromatic N) is 5. The first-order chi connectivity index (χ1) is 13.0. The summed E-state index contributed by atoms with van der Waals surface area (Å²) < 4.78 is 12.2. The van der Waals surface area contributed by atoms with Crippen molar-refractivity contribution in [2.75, 3.05) is 27.3 Å². The molecule has 9 nitrogen and oxygen atoms in total. The molecule has 0 radical (unpaired) electrons. The highest BCUT2D eigenvalue weighted by atomic mass is 16.5. The Morgan fingerprint density at radius 2 is 2.07 bits per heavy atom. The van der Waals surface area contributed by atoms with Crippen molar-refractivity contribution in [3.05, 3.63) is 30.6 Å². The van der Waals surface area contributed by atoms with Crippen LogP contribution in [-0.4, -0.2) is 62.7 Å². The Hall–Kier alpha value is -2.68. The lowest BCUT2D eigenvalue weighted by Crippen LogP contribution is -2.46. The van der Waals surface area contributed by atoms with E-state index in [0.29, 0.717) is 43.9 Å². The second-order valence-electron chi connectivity index (χ2n) is 6.75. The SMILES string of the molecule is COc1cnc(C2(O)CCN(C(=O)CC(C)n3ccnc3)CC2)c(OC)n1. The van der Waals surface area contributed by atoms with Crippen LogP contribution in [0, 0.1) is 0 Å². The Bertz CT molecular complexity index is 772. The van der Waals surface area contributed by atoms with Crippen LogP contribution < -0.4 is 9.47 Å². The van der Waals surface area contributed by atoms with Crippen LogP contribution in [0.3, 0.4) is 0 Å². The van der Waals surface area contributed by atoms with Crippen molar-refractivity contribution >= 4 is 5.91 Å². The fourth-order valence-electron chi connectivity index (χ4n) is 3.30. The Morgan fingerprint density at radius 1 is 1.33 bits per heavy atom. The quantitative estimate of drug-likeness (QED) is 0.808. The summed E-state index contributed by atoms with van der Waals surface area (Å²) in [7, 11) is 2.97. The molecule has 0 saturated carbocycles. The Labute approximate surface area is 158 Å². The zero-order valence-corrected chi connectivity index (χ0v) is 15.8. The van der Waals surface area contributed by atoms with Gasteiger partial charge in [-0.25, -0.2) is 9.97 Å². The van der Waals surface area contributed by atoms with Gasteiger partial charge < -0.3 is 24.0 Å². The molecule has 0 aliphatic carbocycles. The first-order valence-corrected chi connectivity index (χ1v) is 8.90. The summed E-state index contributed by atoms with van der Waals surface area (Å²) in [6, 6.07) is 0.0355. The predicted molar refractivity (Wildman–Crippen MR) is 96.4 cm³/mol. The van der Waals surface area contributed by atoms with Gasteiger partial charge in [-0.3, -0.25) is 4.79 Å². The minimum absolute atomic E-state index is 0.0355. The van der Waals surface area contributed by atoms with Crippen molar-refractivity contribution in [3.8, 4) is 11.8 Å². The smallest absolute Gasteiger partial charge is 0.241 e. The van der Waals surface area contributed by atoms with Gasteiger partial charge in [0.1, 0.15) is 11.3 Å². The van der Waals surface area contributed by atoms with Gasteiger partial charge in [-0.2, -0.15) is 4.98 Å². The number of aliphatic hydroxyl groups is 1. The number of aromatic nitrogens is 4. The van der Waals surface area contributed by atoms with E-state index in [1.807, 2.05) is 17.7 Å². The molecule has 27 heavy (non-hydrogen) atoms. The van der Waals surface area contributed by atoms with Crippen molar-refractivity contribution in [1.82, 2.24) is 24.4 Å². The van der Waals surface area contributed by atoms with E-state index >= 15 is 0 Å². The molecule has 3 rings (SSSR count). The number of amides is 1. The van der Waals surface area contributed by atoms with Crippen LogP contribution in [-0.2, 0) is 10.4 Å². The Morgan fingerprint density at radius 3 is 2.67 bits per heavy atom. The summed E-state index contributed by atoms with van der Waals surface area (Å²) >= 11 is 0. The number of rotatable bonds is 6. The zero-order chi connectivity index (χ0) is 19.4. The van der Waals surface area contributed by atoms with Crippen LogP contribution >= 0.6 is 0 Å². The van der Waals surface area contributed by atoms with Gasteiger partial charge in [0.25, 0.3) is 0 Å². The highest BCUT2D eigenvalue weighted by molar-refractivity contribution is 5.76. The molecule has 0 bridgehead atoms. The Kier molecular flexibility index (Phi) is 5.59. The molecule has 9 heteroatoms. The van der Waals surface area contributed by atoms with E-state index < -0.39 is 5.60 Å². The van der Waals surface area contributed by atoms with Crippen LogP contribution in [0.25, 0.3) is 0 Å². The number of piperidine rings is 1. The molecule has 0 aromatic carbocycles. The van der Waals surface area contributed by atoms with E-state index in [0.717, 1.165) is 0 Å². The van der Waals surface area contributed by atoms with Gasteiger partial charge in [-0.1, -0.05) is 0 Å². The lowest BCUT2D eigenvalue weighted by atomic mass is 9.87.